The first-order valence-corrected chi connectivity index (χ1v) is 6.32. The molecular formula is C14H15N3O2. The molecule has 0 radical (unpaired) electrons. The molecule has 0 saturated carbocycles. The van der Waals surface area contributed by atoms with Crippen LogP contribution in [0.3, 0.4) is 0 Å². The Balaban J connectivity index is 2.17. The third-order valence-corrected chi connectivity index (χ3v) is 3.73. The highest BCUT2D eigenvalue weighted by molar-refractivity contribution is 5.87. The average molecular weight is 257 g/mol. The zero-order valence-corrected chi connectivity index (χ0v) is 11.0. The lowest BCUT2D eigenvalue weighted by Gasteiger charge is -2.39. The molecule has 2 heterocycles. The molecule has 5 nitrogen and oxygen atoms in total. The molecule has 0 N–H and O–H groups in total. The summed E-state index contributed by atoms with van der Waals surface area (Å²) in [5.74, 6) is 0.468. The Morgan fingerprint density at radius 2 is 2.11 bits per heavy atom. The first-order valence-electron chi connectivity index (χ1n) is 6.32. The first-order chi connectivity index (χ1) is 9.09. The number of carbonyl (C=O) groups excluding carboxylic acids is 1. The molecule has 1 aromatic heterocycles. The molecule has 0 spiro atoms. The highest BCUT2D eigenvalue weighted by Gasteiger charge is 2.34. The second-order valence-electron chi connectivity index (χ2n) is 4.90. The molecule has 0 amide bonds. The van der Waals surface area contributed by atoms with Crippen LogP contribution in [-0.2, 0) is 11.8 Å². The van der Waals surface area contributed by atoms with Crippen molar-refractivity contribution in [2.75, 3.05) is 11.4 Å². The third-order valence-electron chi connectivity index (χ3n) is 3.73. The molecule has 98 valence electrons. The summed E-state index contributed by atoms with van der Waals surface area (Å²) in [6.45, 7) is 2.27. The fourth-order valence-corrected chi connectivity index (χ4v) is 2.51. The van der Waals surface area contributed by atoms with Crippen molar-refractivity contribution in [3.05, 3.63) is 34.6 Å². The highest BCUT2D eigenvalue weighted by atomic mass is 16.1. The Bertz CT molecular complexity index is 720. The quantitative estimate of drug-likeness (QED) is 0.808. The van der Waals surface area contributed by atoms with Gasteiger partial charge in [0.25, 0.3) is 5.56 Å². The van der Waals surface area contributed by atoms with Crippen LogP contribution in [0.4, 0.5) is 5.82 Å². The maximum Gasteiger partial charge on any atom is 0.293 e. The molecule has 19 heavy (non-hydrogen) atoms. The van der Waals surface area contributed by atoms with Gasteiger partial charge in [0.15, 0.2) is 11.6 Å². The van der Waals surface area contributed by atoms with Crippen molar-refractivity contribution in [1.29, 1.82) is 0 Å². The summed E-state index contributed by atoms with van der Waals surface area (Å²) in [5, 5.41) is 0. The smallest absolute Gasteiger partial charge is 0.293 e. The van der Waals surface area contributed by atoms with Gasteiger partial charge in [-0.15, -0.1) is 0 Å². The number of ketones is 1. The molecular weight excluding hydrogens is 242 g/mol. The Kier molecular flexibility index (Phi) is 2.62. The monoisotopic (exact) mass is 257 g/mol. The fraction of sp³-hybridized carbons (Fsp3) is 0.357. The van der Waals surface area contributed by atoms with Gasteiger partial charge in [0.2, 0.25) is 0 Å². The summed E-state index contributed by atoms with van der Waals surface area (Å²) >= 11 is 0. The minimum Gasteiger partial charge on any atom is -0.342 e. The Labute approximate surface area is 110 Å². The zero-order valence-electron chi connectivity index (χ0n) is 11.0. The van der Waals surface area contributed by atoms with Gasteiger partial charge >= 0.3 is 0 Å². The number of fused-ring (bicyclic) bond motifs is 1. The van der Waals surface area contributed by atoms with E-state index in [2.05, 4.69) is 4.98 Å². The predicted octanol–water partition coefficient (Wildman–Crippen LogP) is 1.10. The first kappa shape index (κ1) is 11.9. The summed E-state index contributed by atoms with van der Waals surface area (Å²) in [7, 11) is 1.73. The predicted molar refractivity (Wildman–Crippen MR) is 73.4 cm³/mol. The minimum atomic E-state index is -0.193. The minimum absolute atomic E-state index is 0.0864. The van der Waals surface area contributed by atoms with E-state index in [0.717, 1.165) is 17.5 Å². The van der Waals surface area contributed by atoms with E-state index in [1.807, 2.05) is 24.3 Å². The number of aryl methyl sites for hydroxylation is 1. The van der Waals surface area contributed by atoms with Crippen LogP contribution in [0, 0.1) is 0 Å². The van der Waals surface area contributed by atoms with Crippen molar-refractivity contribution in [3.63, 3.8) is 0 Å². The number of benzene rings is 1. The van der Waals surface area contributed by atoms with E-state index in [4.69, 9.17) is 0 Å². The molecule has 1 fully saturated rings. The van der Waals surface area contributed by atoms with Gasteiger partial charge in [-0.3, -0.25) is 9.59 Å². The topological polar surface area (TPSA) is 55.2 Å². The molecule has 0 aliphatic carbocycles. The van der Waals surface area contributed by atoms with E-state index in [-0.39, 0.29) is 17.4 Å². The number of para-hydroxylation sites is 2. The van der Waals surface area contributed by atoms with E-state index >= 15 is 0 Å². The number of hydrogen-bond donors (Lipinski definition) is 0. The molecule has 1 aliphatic rings. The Morgan fingerprint density at radius 3 is 2.74 bits per heavy atom. The number of carbonyl (C=O) groups is 1. The van der Waals surface area contributed by atoms with Crippen molar-refractivity contribution in [2.24, 2.45) is 7.05 Å². The van der Waals surface area contributed by atoms with Crippen molar-refractivity contribution in [3.8, 4) is 0 Å². The molecule has 3 rings (SSSR count). The van der Waals surface area contributed by atoms with Gasteiger partial charge in [-0.05, 0) is 25.5 Å². The van der Waals surface area contributed by atoms with Gasteiger partial charge < -0.3 is 9.47 Å². The maximum atomic E-state index is 12.3. The zero-order chi connectivity index (χ0) is 13.6. The highest BCUT2D eigenvalue weighted by Crippen LogP contribution is 2.24. The van der Waals surface area contributed by atoms with E-state index in [1.54, 1.807) is 23.4 Å². The number of rotatable bonds is 2. The molecule has 0 bridgehead atoms. The number of hydrogen-bond acceptors (Lipinski definition) is 4. The molecule has 1 saturated heterocycles. The van der Waals surface area contributed by atoms with Gasteiger partial charge in [0.1, 0.15) is 0 Å². The lowest BCUT2D eigenvalue weighted by atomic mass is 10.00. The van der Waals surface area contributed by atoms with Crippen LogP contribution in [0.15, 0.2) is 29.1 Å². The van der Waals surface area contributed by atoms with Gasteiger partial charge in [0, 0.05) is 13.6 Å². The molecule has 5 heteroatoms. The number of anilines is 1. The van der Waals surface area contributed by atoms with Gasteiger partial charge in [0.05, 0.1) is 17.1 Å². The summed E-state index contributed by atoms with van der Waals surface area (Å²) in [4.78, 5) is 30.1. The van der Waals surface area contributed by atoms with Crippen LogP contribution in [0.2, 0.25) is 0 Å². The summed E-state index contributed by atoms with van der Waals surface area (Å²) in [6.07, 6.45) is 0.799. The Hall–Kier alpha value is -2.17. The second kappa shape index (κ2) is 4.19. The van der Waals surface area contributed by atoms with Crippen LogP contribution in [0.1, 0.15) is 13.3 Å². The van der Waals surface area contributed by atoms with Crippen LogP contribution in [0.25, 0.3) is 11.0 Å². The summed E-state index contributed by atoms with van der Waals surface area (Å²) < 4.78 is 1.59. The Morgan fingerprint density at radius 1 is 1.37 bits per heavy atom. The van der Waals surface area contributed by atoms with E-state index in [0.29, 0.717) is 12.4 Å². The second-order valence-corrected chi connectivity index (χ2v) is 4.90. The van der Waals surface area contributed by atoms with Gasteiger partial charge in [-0.2, -0.15) is 0 Å². The number of aromatic nitrogens is 2. The van der Waals surface area contributed by atoms with E-state index < -0.39 is 0 Å². The molecule has 1 aliphatic heterocycles. The summed E-state index contributed by atoms with van der Waals surface area (Å²) in [5.41, 5.74) is 1.43. The molecule has 1 aromatic carbocycles. The number of Topliss-reactive ketones (excluding diaryl/α,β-unsaturated/α-hetero) is 1. The normalized spacial score (nSPS) is 18.4. The van der Waals surface area contributed by atoms with Crippen molar-refractivity contribution in [2.45, 2.75) is 19.4 Å². The molecule has 2 aromatic rings. The van der Waals surface area contributed by atoms with Crippen LogP contribution in [0.5, 0.6) is 0 Å². The standard InChI is InChI=1S/C14H15N3O2/c1-9(18)11-7-8-17(11)13-14(19)16(2)12-6-4-3-5-10(12)15-13/h3-6,11H,7-8H2,1-2H3/t11-/m0/s1. The van der Waals surface area contributed by atoms with E-state index in [1.165, 1.54) is 0 Å². The molecule has 0 unspecified atom stereocenters. The van der Waals surface area contributed by atoms with Crippen LogP contribution >= 0.6 is 0 Å². The third kappa shape index (κ3) is 1.73. The number of nitrogens with zero attached hydrogens (tertiary/aromatic N) is 3. The van der Waals surface area contributed by atoms with Gasteiger partial charge in [-0.1, -0.05) is 12.1 Å². The largest absolute Gasteiger partial charge is 0.342 e. The lowest BCUT2D eigenvalue weighted by Crippen LogP contribution is -2.54. The van der Waals surface area contributed by atoms with Crippen LogP contribution < -0.4 is 10.5 Å². The lowest BCUT2D eigenvalue weighted by molar-refractivity contribution is -0.119. The SMILES string of the molecule is CC(=O)[C@@H]1CCN1c1nc2ccccc2n(C)c1=O. The fourth-order valence-electron chi connectivity index (χ4n) is 2.51. The van der Waals surface area contributed by atoms with Crippen molar-refractivity contribution < 1.29 is 4.79 Å². The van der Waals surface area contributed by atoms with Crippen molar-refractivity contribution >= 4 is 22.6 Å². The summed E-state index contributed by atoms with van der Waals surface area (Å²) in [6, 6.07) is 7.32. The van der Waals surface area contributed by atoms with Crippen molar-refractivity contribution in [1.82, 2.24) is 9.55 Å². The molecule has 1 atom stereocenters. The maximum absolute atomic E-state index is 12.3. The van der Waals surface area contributed by atoms with Gasteiger partial charge in [-0.25, -0.2) is 4.98 Å². The van der Waals surface area contributed by atoms with Crippen LogP contribution in [-0.4, -0.2) is 27.9 Å². The van der Waals surface area contributed by atoms with E-state index in [9.17, 15) is 9.59 Å². The average Bonchev–Trinajstić information content (AvgIpc) is 2.33.